The number of hydrogen-bond donors (Lipinski definition) is 1. The number of ether oxygens (including phenoxy) is 1. The Morgan fingerprint density at radius 1 is 1.12 bits per heavy atom. The molecule has 0 bridgehead atoms. The summed E-state index contributed by atoms with van der Waals surface area (Å²) in [5.41, 5.74) is 3.43. The van der Waals surface area contributed by atoms with Crippen LogP contribution in [0.5, 0.6) is 5.75 Å². The van der Waals surface area contributed by atoms with Gasteiger partial charge in [-0.15, -0.1) is 0 Å². The molecule has 134 valence electrons. The fourth-order valence-electron chi connectivity index (χ4n) is 3.90. The van der Waals surface area contributed by atoms with Crippen LogP contribution in [0, 0.1) is 0 Å². The van der Waals surface area contributed by atoms with Gasteiger partial charge in [0.25, 0.3) is 0 Å². The van der Waals surface area contributed by atoms with Crippen LogP contribution in [-0.2, 0) is 4.79 Å². The van der Waals surface area contributed by atoms with E-state index in [9.17, 15) is 4.79 Å². The third-order valence-corrected chi connectivity index (χ3v) is 5.35. The van der Waals surface area contributed by atoms with Crippen LogP contribution in [0.3, 0.4) is 0 Å². The lowest BCUT2D eigenvalue weighted by molar-refractivity contribution is -0.130. The zero-order valence-electron chi connectivity index (χ0n) is 15.1. The minimum atomic E-state index is 0.0326. The molecule has 1 saturated heterocycles. The van der Waals surface area contributed by atoms with Gasteiger partial charge in [-0.3, -0.25) is 4.79 Å². The molecule has 3 aromatic rings. The normalized spacial score (nSPS) is 15.3. The van der Waals surface area contributed by atoms with E-state index in [1.165, 1.54) is 10.9 Å². The van der Waals surface area contributed by atoms with Gasteiger partial charge in [-0.25, -0.2) is 0 Å². The number of para-hydroxylation sites is 1. The summed E-state index contributed by atoms with van der Waals surface area (Å²) in [7, 11) is 1.67. The van der Waals surface area contributed by atoms with E-state index >= 15 is 0 Å². The number of carbonyl (C=O) groups is 1. The Hall–Kier alpha value is -2.75. The van der Waals surface area contributed by atoms with Gasteiger partial charge in [0.2, 0.25) is 5.91 Å². The molecule has 4 rings (SSSR count). The Morgan fingerprint density at radius 2 is 1.85 bits per heavy atom. The molecule has 2 heterocycles. The molecule has 1 aromatic heterocycles. The third-order valence-electron chi connectivity index (χ3n) is 5.35. The van der Waals surface area contributed by atoms with Crippen molar-refractivity contribution in [3.8, 4) is 5.75 Å². The van der Waals surface area contributed by atoms with Gasteiger partial charge in [0.1, 0.15) is 5.75 Å². The summed E-state index contributed by atoms with van der Waals surface area (Å²) in [6.45, 7) is 1.78. The van der Waals surface area contributed by atoms with Gasteiger partial charge >= 0.3 is 0 Å². The van der Waals surface area contributed by atoms with Gasteiger partial charge in [-0.2, -0.15) is 0 Å². The van der Waals surface area contributed by atoms with Crippen molar-refractivity contribution in [2.75, 3.05) is 20.2 Å². The van der Waals surface area contributed by atoms with Crippen molar-refractivity contribution in [1.82, 2.24) is 9.88 Å². The number of rotatable bonds is 5. The highest BCUT2D eigenvalue weighted by molar-refractivity contribution is 5.86. The molecule has 1 N–H and O–H groups in total. The average Bonchev–Trinajstić information content (AvgIpc) is 3.36. The number of likely N-dealkylation sites (tertiary alicyclic amines) is 1. The van der Waals surface area contributed by atoms with Crippen molar-refractivity contribution in [3.63, 3.8) is 0 Å². The van der Waals surface area contributed by atoms with E-state index in [0.29, 0.717) is 6.42 Å². The van der Waals surface area contributed by atoms with Crippen LogP contribution in [0.15, 0.2) is 54.7 Å². The molecule has 4 nitrogen and oxygen atoms in total. The lowest BCUT2D eigenvalue weighted by Gasteiger charge is -2.21. The van der Waals surface area contributed by atoms with Gasteiger partial charge in [-0.1, -0.05) is 30.3 Å². The second-order valence-corrected chi connectivity index (χ2v) is 6.91. The molecule has 2 aromatic carbocycles. The molecule has 0 saturated carbocycles. The van der Waals surface area contributed by atoms with Crippen LogP contribution in [0.1, 0.15) is 36.3 Å². The number of aromatic amines is 1. The molecule has 1 amide bonds. The van der Waals surface area contributed by atoms with E-state index in [1.807, 2.05) is 29.2 Å². The Labute approximate surface area is 153 Å². The van der Waals surface area contributed by atoms with E-state index in [1.54, 1.807) is 7.11 Å². The van der Waals surface area contributed by atoms with Gasteiger partial charge < -0.3 is 14.6 Å². The van der Waals surface area contributed by atoms with Crippen molar-refractivity contribution in [2.45, 2.75) is 25.2 Å². The van der Waals surface area contributed by atoms with Crippen LogP contribution in [0.25, 0.3) is 10.9 Å². The van der Waals surface area contributed by atoms with E-state index in [-0.39, 0.29) is 11.8 Å². The zero-order valence-corrected chi connectivity index (χ0v) is 15.1. The Balaban J connectivity index is 1.71. The van der Waals surface area contributed by atoms with Crippen LogP contribution in [0.2, 0.25) is 0 Å². The predicted octanol–water partition coefficient (Wildman–Crippen LogP) is 4.32. The predicted molar refractivity (Wildman–Crippen MR) is 104 cm³/mol. The highest BCUT2D eigenvalue weighted by Gasteiger charge is 2.25. The number of fused-ring (bicyclic) bond motifs is 1. The summed E-state index contributed by atoms with van der Waals surface area (Å²) < 4.78 is 5.29. The summed E-state index contributed by atoms with van der Waals surface area (Å²) in [5.74, 6) is 1.11. The van der Waals surface area contributed by atoms with E-state index in [0.717, 1.165) is 42.8 Å². The van der Waals surface area contributed by atoms with Crippen molar-refractivity contribution < 1.29 is 9.53 Å². The van der Waals surface area contributed by atoms with Crippen molar-refractivity contribution in [2.24, 2.45) is 0 Å². The fourth-order valence-corrected chi connectivity index (χ4v) is 3.90. The monoisotopic (exact) mass is 348 g/mol. The highest BCUT2D eigenvalue weighted by Crippen LogP contribution is 2.34. The average molecular weight is 348 g/mol. The molecule has 0 radical (unpaired) electrons. The first-order chi connectivity index (χ1) is 12.8. The van der Waals surface area contributed by atoms with Crippen molar-refractivity contribution in [3.05, 3.63) is 65.9 Å². The summed E-state index contributed by atoms with van der Waals surface area (Å²) in [6.07, 6.45) is 4.78. The third kappa shape index (κ3) is 3.19. The molecule has 1 aliphatic heterocycles. The Bertz CT molecular complexity index is 892. The number of hydrogen-bond acceptors (Lipinski definition) is 2. The largest absolute Gasteiger partial charge is 0.497 e. The zero-order chi connectivity index (χ0) is 17.9. The highest BCUT2D eigenvalue weighted by atomic mass is 16.5. The van der Waals surface area contributed by atoms with Crippen LogP contribution in [-0.4, -0.2) is 36.0 Å². The van der Waals surface area contributed by atoms with E-state index in [4.69, 9.17) is 4.74 Å². The Morgan fingerprint density at radius 3 is 2.58 bits per heavy atom. The van der Waals surface area contributed by atoms with E-state index in [2.05, 4.69) is 35.4 Å². The lowest BCUT2D eigenvalue weighted by atomic mass is 9.87. The quantitative estimate of drug-likeness (QED) is 0.746. The first-order valence-electron chi connectivity index (χ1n) is 9.24. The van der Waals surface area contributed by atoms with Crippen molar-refractivity contribution >= 4 is 16.8 Å². The molecule has 0 spiro atoms. The van der Waals surface area contributed by atoms with Gasteiger partial charge in [0, 0.05) is 42.5 Å². The number of benzene rings is 2. The number of nitrogens with one attached hydrogen (secondary N) is 1. The maximum absolute atomic E-state index is 12.9. The minimum absolute atomic E-state index is 0.0326. The molecule has 1 aliphatic rings. The molecule has 1 fully saturated rings. The Kier molecular flexibility index (Phi) is 4.65. The summed E-state index contributed by atoms with van der Waals surface area (Å²) in [5, 5.41) is 1.18. The van der Waals surface area contributed by atoms with Crippen LogP contribution < -0.4 is 4.74 Å². The van der Waals surface area contributed by atoms with Gasteiger partial charge in [-0.05, 0) is 42.2 Å². The molecule has 1 atom stereocenters. The second kappa shape index (κ2) is 7.24. The lowest BCUT2D eigenvalue weighted by Crippen LogP contribution is -2.29. The summed E-state index contributed by atoms with van der Waals surface area (Å²) in [6, 6.07) is 16.4. The molecule has 26 heavy (non-hydrogen) atoms. The van der Waals surface area contributed by atoms with Crippen LogP contribution in [0.4, 0.5) is 0 Å². The smallest absolute Gasteiger partial charge is 0.223 e. The SMILES string of the molecule is COc1ccc([C@@H](CC(=O)N2CCCC2)c2c[nH]c3ccccc23)cc1. The number of H-pyrrole nitrogens is 1. The number of amides is 1. The maximum atomic E-state index is 12.9. The number of nitrogens with zero attached hydrogens (tertiary/aromatic N) is 1. The number of carbonyl (C=O) groups excluding carboxylic acids is 1. The first kappa shape index (κ1) is 16.7. The maximum Gasteiger partial charge on any atom is 0.223 e. The number of methoxy groups -OCH3 is 1. The summed E-state index contributed by atoms with van der Waals surface area (Å²) in [4.78, 5) is 18.2. The first-order valence-corrected chi connectivity index (χ1v) is 9.24. The molecule has 0 aliphatic carbocycles. The van der Waals surface area contributed by atoms with Gasteiger partial charge in [0.15, 0.2) is 0 Å². The standard InChI is InChI=1S/C22H24N2O2/c1-26-17-10-8-16(9-11-17)19(14-22(25)24-12-4-5-13-24)20-15-23-21-7-3-2-6-18(20)21/h2-3,6-11,15,19,23H,4-5,12-14H2,1H3/t19-/m1/s1. The number of aromatic nitrogens is 1. The van der Waals surface area contributed by atoms with Crippen molar-refractivity contribution in [1.29, 1.82) is 0 Å². The second-order valence-electron chi connectivity index (χ2n) is 6.91. The van der Waals surface area contributed by atoms with Crippen LogP contribution >= 0.6 is 0 Å². The van der Waals surface area contributed by atoms with Gasteiger partial charge in [0.05, 0.1) is 7.11 Å². The molecule has 4 heteroatoms. The summed E-state index contributed by atoms with van der Waals surface area (Å²) >= 11 is 0. The van der Waals surface area contributed by atoms with E-state index < -0.39 is 0 Å². The fraction of sp³-hybridized carbons (Fsp3) is 0.318. The minimum Gasteiger partial charge on any atom is -0.497 e. The molecule has 0 unspecified atom stereocenters. The topological polar surface area (TPSA) is 45.3 Å². The molecular formula is C22H24N2O2. The molecular weight excluding hydrogens is 324 g/mol.